The van der Waals surface area contributed by atoms with Crippen molar-refractivity contribution in [2.45, 2.75) is 6.54 Å². The van der Waals surface area contributed by atoms with Crippen LogP contribution in [0.1, 0.15) is 21.5 Å². The first-order valence-corrected chi connectivity index (χ1v) is 7.89. The maximum atomic E-state index is 12.4. The molecule has 1 aromatic heterocycles. The van der Waals surface area contributed by atoms with E-state index in [2.05, 4.69) is 29.1 Å². The molecule has 3 aromatic rings. The smallest absolute Gasteiger partial charge is 0.256 e. The number of carbonyl (C=O) groups is 1. The van der Waals surface area contributed by atoms with Crippen molar-refractivity contribution in [3.63, 3.8) is 0 Å². The average molecular weight is 350 g/mol. The second kappa shape index (κ2) is 7.25. The van der Waals surface area contributed by atoms with E-state index in [1.54, 1.807) is 30.3 Å². The number of fused-ring (bicyclic) bond motifs is 1. The lowest BCUT2D eigenvalue weighted by molar-refractivity contribution is 0.0948. The molecule has 1 amide bonds. The number of benzene rings is 2. The van der Waals surface area contributed by atoms with E-state index in [4.69, 9.17) is 11.6 Å². The Morgan fingerprint density at radius 3 is 2.72 bits per heavy atom. The van der Waals surface area contributed by atoms with E-state index in [0.29, 0.717) is 28.0 Å². The highest BCUT2D eigenvalue weighted by Gasteiger charge is 2.15. The predicted molar refractivity (Wildman–Crippen MR) is 98.3 cm³/mol. The van der Waals surface area contributed by atoms with Crippen molar-refractivity contribution in [2.24, 2.45) is 0 Å². The van der Waals surface area contributed by atoms with Crippen molar-refractivity contribution in [1.82, 2.24) is 10.3 Å². The summed E-state index contributed by atoms with van der Waals surface area (Å²) < 4.78 is 0. The average Bonchev–Trinajstić information content (AvgIpc) is 2.62. The lowest BCUT2D eigenvalue weighted by atomic mass is 10.1. The van der Waals surface area contributed by atoms with E-state index in [9.17, 15) is 9.90 Å². The summed E-state index contributed by atoms with van der Waals surface area (Å²) in [5.74, 6) is 4.85. The molecule has 2 N–H and O–H groups in total. The van der Waals surface area contributed by atoms with E-state index in [0.717, 1.165) is 5.56 Å². The van der Waals surface area contributed by atoms with Crippen molar-refractivity contribution in [1.29, 1.82) is 0 Å². The summed E-state index contributed by atoms with van der Waals surface area (Å²) in [6.07, 6.45) is 1.36. The number of rotatable bonds is 3. The number of carbonyl (C=O) groups excluding carboxylic acids is 1. The monoisotopic (exact) mass is 349 g/mol. The predicted octanol–water partition coefficient (Wildman–Crippen LogP) is 3.71. The van der Waals surface area contributed by atoms with Crippen molar-refractivity contribution in [3.05, 3.63) is 77.3 Å². The van der Waals surface area contributed by atoms with Crippen LogP contribution >= 0.6 is 11.6 Å². The van der Waals surface area contributed by atoms with E-state index in [1.807, 2.05) is 12.1 Å². The Bertz CT molecular complexity index is 1000. The van der Waals surface area contributed by atoms with E-state index < -0.39 is 5.91 Å². The van der Waals surface area contributed by atoms with Crippen molar-refractivity contribution in [3.8, 4) is 17.6 Å². The van der Waals surface area contributed by atoms with Gasteiger partial charge >= 0.3 is 0 Å². The molecule has 0 atom stereocenters. The van der Waals surface area contributed by atoms with Crippen LogP contribution in [0.25, 0.3) is 10.9 Å². The van der Waals surface area contributed by atoms with Gasteiger partial charge < -0.3 is 10.4 Å². The van der Waals surface area contributed by atoms with Crippen LogP contribution in [0, 0.1) is 18.8 Å². The summed E-state index contributed by atoms with van der Waals surface area (Å²) in [5.41, 5.74) is 2.29. The van der Waals surface area contributed by atoms with Gasteiger partial charge in [-0.15, -0.1) is 0 Å². The van der Waals surface area contributed by atoms with Crippen LogP contribution in [-0.2, 0) is 6.54 Å². The summed E-state index contributed by atoms with van der Waals surface area (Å²) in [6.45, 7) is 3.80. The van der Waals surface area contributed by atoms with E-state index in [1.165, 1.54) is 6.20 Å². The molecule has 0 spiro atoms. The van der Waals surface area contributed by atoms with Crippen molar-refractivity contribution in [2.75, 3.05) is 0 Å². The molecule has 25 heavy (non-hydrogen) atoms. The Morgan fingerprint density at radius 2 is 2.00 bits per heavy atom. The van der Waals surface area contributed by atoms with Crippen LogP contribution in [0.3, 0.4) is 0 Å². The second-order valence-electron chi connectivity index (χ2n) is 5.36. The zero-order valence-electron chi connectivity index (χ0n) is 13.2. The highest BCUT2D eigenvalue weighted by atomic mass is 35.5. The van der Waals surface area contributed by atoms with Gasteiger partial charge in [0, 0.05) is 35.6 Å². The Kier molecular flexibility index (Phi) is 4.87. The van der Waals surface area contributed by atoms with Crippen molar-refractivity contribution >= 4 is 28.4 Å². The maximum Gasteiger partial charge on any atom is 0.256 e. The molecule has 123 valence electrons. The molecule has 4 nitrogen and oxygen atoms in total. The standard InChI is InChI=1S/C20H14ClN2O2/c1-2-3-13-6-9-18-16(10-13)19(24)17(12-22-18)20(25)23-11-14-4-7-15(21)8-5-14/h4-10,12H,1,11H2,(H,22,24)(H,23,25). The zero-order valence-corrected chi connectivity index (χ0v) is 14.0. The molecule has 2 aromatic carbocycles. The molecular weight excluding hydrogens is 336 g/mol. The van der Waals surface area contributed by atoms with Gasteiger partial charge in [0.1, 0.15) is 11.3 Å². The van der Waals surface area contributed by atoms with Gasteiger partial charge in [0.25, 0.3) is 5.91 Å². The fraction of sp³-hybridized carbons (Fsp3) is 0.0500. The normalized spacial score (nSPS) is 10.2. The third-order valence-corrected chi connectivity index (χ3v) is 3.94. The molecule has 1 heterocycles. The first kappa shape index (κ1) is 16.8. The van der Waals surface area contributed by atoms with Gasteiger partial charge in [-0.2, -0.15) is 0 Å². The largest absolute Gasteiger partial charge is 0.506 e. The minimum Gasteiger partial charge on any atom is -0.506 e. The van der Waals surface area contributed by atoms with Crippen LogP contribution in [0.5, 0.6) is 5.75 Å². The first-order valence-electron chi connectivity index (χ1n) is 7.51. The molecule has 1 radical (unpaired) electrons. The molecule has 0 bridgehead atoms. The molecular formula is C20H14ClN2O2. The quantitative estimate of drug-likeness (QED) is 0.708. The number of halogens is 1. The minimum absolute atomic E-state index is 0.112. The number of pyridine rings is 1. The third kappa shape index (κ3) is 3.73. The molecule has 0 saturated carbocycles. The van der Waals surface area contributed by atoms with Crippen LogP contribution in [0.15, 0.2) is 48.7 Å². The van der Waals surface area contributed by atoms with Gasteiger partial charge in [0.05, 0.1) is 5.52 Å². The van der Waals surface area contributed by atoms with Gasteiger partial charge in [-0.3, -0.25) is 9.78 Å². The number of hydrogen-bond donors (Lipinski definition) is 2. The molecule has 0 aliphatic carbocycles. The fourth-order valence-electron chi connectivity index (χ4n) is 2.40. The Morgan fingerprint density at radius 1 is 1.24 bits per heavy atom. The molecule has 0 aliphatic heterocycles. The fourth-order valence-corrected chi connectivity index (χ4v) is 2.53. The number of aromatic nitrogens is 1. The van der Waals surface area contributed by atoms with E-state index in [-0.39, 0.29) is 11.3 Å². The minimum atomic E-state index is -0.407. The molecule has 0 unspecified atom stereocenters. The lowest BCUT2D eigenvalue weighted by Crippen LogP contribution is -2.23. The van der Waals surface area contributed by atoms with Gasteiger partial charge in [-0.05, 0) is 35.9 Å². The highest BCUT2D eigenvalue weighted by Crippen LogP contribution is 2.27. The summed E-state index contributed by atoms with van der Waals surface area (Å²) in [7, 11) is 0. The number of nitrogens with one attached hydrogen (secondary N) is 1. The number of aromatic hydroxyl groups is 1. The molecule has 0 saturated heterocycles. The Labute approximate surface area is 150 Å². The summed E-state index contributed by atoms with van der Waals surface area (Å²) in [6, 6.07) is 12.4. The first-order chi connectivity index (χ1) is 12.1. The zero-order chi connectivity index (χ0) is 17.8. The van der Waals surface area contributed by atoms with Crippen LogP contribution in [0.4, 0.5) is 0 Å². The van der Waals surface area contributed by atoms with Gasteiger partial charge in [0.15, 0.2) is 0 Å². The Balaban J connectivity index is 1.86. The summed E-state index contributed by atoms with van der Waals surface area (Å²) >= 11 is 5.84. The number of amides is 1. The van der Waals surface area contributed by atoms with Gasteiger partial charge in [-0.1, -0.05) is 35.6 Å². The molecule has 0 fully saturated rings. The van der Waals surface area contributed by atoms with E-state index >= 15 is 0 Å². The molecule has 5 heteroatoms. The SMILES string of the molecule is [CH2]C#Cc1ccc2ncc(C(=O)NCc3ccc(Cl)cc3)c(O)c2c1. The second-order valence-corrected chi connectivity index (χ2v) is 5.80. The van der Waals surface area contributed by atoms with Crippen LogP contribution in [0.2, 0.25) is 5.02 Å². The number of nitrogens with zero attached hydrogens (tertiary/aromatic N) is 1. The Hall–Kier alpha value is -3.03. The van der Waals surface area contributed by atoms with Gasteiger partial charge in [0.2, 0.25) is 0 Å². The number of hydrogen-bond acceptors (Lipinski definition) is 3. The topological polar surface area (TPSA) is 62.2 Å². The highest BCUT2D eigenvalue weighted by molar-refractivity contribution is 6.30. The maximum absolute atomic E-state index is 12.4. The summed E-state index contributed by atoms with van der Waals surface area (Å²) in [5, 5.41) is 14.3. The van der Waals surface area contributed by atoms with Gasteiger partial charge in [-0.25, -0.2) is 0 Å². The lowest BCUT2D eigenvalue weighted by Gasteiger charge is -2.09. The van der Waals surface area contributed by atoms with Crippen LogP contribution in [-0.4, -0.2) is 16.0 Å². The molecule has 3 rings (SSSR count). The van der Waals surface area contributed by atoms with Crippen molar-refractivity contribution < 1.29 is 9.90 Å². The summed E-state index contributed by atoms with van der Waals surface area (Å²) in [4.78, 5) is 16.6. The third-order valence-electron chi connectivity index (χ3n) is 3.68. The van der Waals surface area contributed by atoms with Crippen LogP contribution < -0.4 is 5.32 Å². The molecule has 0 aliphatic rings.